The van der Waals surface area contributed by atoms with Crippen molar-refractivity contribution in [2.24, 2.45) is 0 Å². The average molecular weight is 347 g/mol. The summed E-state index contributed by atoms with van der Waals surface area (Å²) in [7, 11) is -1.71. The molecule has 0 saturated heterocycles. The summed E-state index contributed by atoms with van der Waals surface area (Å²) in [6, 6.07) is 32.7. The van der Waals surface area contributed by atoms with Crippen molar-refractivity contribution >= 4 is 29.5 Å². The van der Waals surface area contributed by atoms with E-state index < -0.39 is 7.26 Å². The highest BCUT2D eigenvalue weighted by Gasteiger charge is 2.44. The molecule has 126 valence electrons. The van der Waals surface area contributed by atoms with Crippen LogP contribution in [-0.4, -0.2) is 12.4 Å². The third kappa shape index (κ3) is 3.89. The number of hydrogen-bond acceptors (Lipinski definition) is 1. The van der Waals surface area contributed by atoms with Gasteiger partial charge in [-0.3, -0.25) is 0 Å². The predicted molar refractivity (Wildman–Crippen MR) is 110 cm³/mol. The van der Waals surface area contributed by atoms with Gasteiger partial charge in [-0.25, -0.2) is 0 Å². The number of benzene rings is 3. The minimum atomic E-state index is -1.71. The smallest absolute Gasteiger partial charge is 0.119 e. The number of aldehydes is 1. The van der Waals surface area contributed by atoms with Crippen LogP contribution >= 0.6 is 7.26 Å². The minimum absolute atomic E-state index is 0.651. The maximum Gasteiger partial charge on any atom is 0.119 e. The minimum Gasteiger partial charge on any atom is -0.303 e. The van der Waals surface area contributed by atoms with Crippen molar-refractivity contribution < 1.29 is 4.79 Å². The third-order valence-electron chi connectivity index (χ3n) is 4.66. The molecule has 2 heteroatoms. The lowest BCUT2D eigenvalue weighted by Gasteiger charge is -2.27. The maximum absolute atomic E-state index is 10.7. The highest BCUT2D eigenvalue weighted by atomic mass is 31.2. The van der Waals surface area contributed by atoms with Crippen LogP contribution in [0.1, 0.15) is 19.3 Å². The van der Waals surface area contributed by atoms with Crippen LogP contribution < -0.4 is 15.9 Å². The van der Waals surface area contributed by atoms with E-state index in [4.69, 9.17) is 0 Å². The third-order valence-corrected chi connectivity index (χ3v) is 9.18. The lowest BCUT2D eigenvalue weighted by atomic mass is 10.3. The van der Waals surface area contributed by atoms with Gasteiger partial charge in [0.15, 0.2) is 0 Å². The molecule has 0 aliphatic heterocycles. The lowest BCUT2D eigenvalue weighted by molar-refractivity contribution is -0.107. The first-order valence-corrected chi connectivity index (χ1v) is 10.8. The standard InChI is InChI=1S/C23H24OP/c24-19-11-4-12-20-25(21-13-5-1-6-14-21,22-15-7-2-8-16-22)23-17-9-3-10-18-23/h1-3,5-10,13-19H,4,11-12,20H2/q+1. The Hall–Kier alpha value is -2.24. The molecule has 0 saturated carbocycles. The van der Waals surface area contributed by atoms with Crippen molar-refractivity contribution in [1.29, 1.82) is 0 Å². The van der Waals surface area contributed by atoms with Crippen molar-refractivity contribution in [2.75, 3.05) is 6.16 Å². The first kappa shape index (κ1) is 17.6. The van der Waals surface area contributed by atoms with Gasteiger partial charge in [-0.15, -0.1) is 0 Å². The molecule has 0 fully saturated rings. The summed E-state index contributed by atoms with van der Waals surface area (Å²) < 4.78 is 0. The van der Waals surface area contributed by atoms with Crippen LogP contribution in [0.25, 0.3) is 0 Å². The normalized spacial score (nSPS) is 11.2. The van der Waals surface area contributed by atoms with Crippen molar-refractivity contribution in [3.05, 3.63) is 91.0 Å². The van der Waals surface area contributed by atoms with E-state index in [0.717, 1.165) is 25.3 Å². The Bertz CT molecular complexity index is 672. The highest BCUT2D eigenvalue weighted by Crippen LogP contribution is 2.55. The fourth-order valence-corrected chi connectivity index (χ4v) is 7.87. The van der Waals surface area contributed by atoms with Gasteiger partial charge in [0.2, 0.25) is 0 Å². The number of rotatable bonds is 8. The summed E-state index contributed by atoms with van der Waals surface area (Å²) in [6.07, 6.45) is 4.80. The van der Waals surface area contributed by atoms with Crippen molar-refractivity contribution in [1.82, 2.24) is 0 Å². The summed E-state index contributed by atoms with van der Waals surface area (Å²) in [5.41, 5.74) is 0. The second-order valence-electron chi connectivity index (χ2n) is 6.20. The zero-order valence-corrected chi connectivity index (χ0v) is 15.3. The Morgan fingerprint density at radius 3 is 1.36 bits per heavy atom. The van der Waals surface area contributed by atoms with Gasteiger partial charge in [0.1, 0.15) is 29.5 Å². The fourth-order valence-electron chi connectivity index (χ4n) is 3.46. The Labute approximate surface area is 151 Å². The molecule has 0 spiro atoms. The molecule has 0 unspecified atom stereocenters. The molecule has 0 radical (unpaired) electrons. The zero-order valence-electron chi connectivity index (χ0n) is 14.4. The van der Waals surface area contributed by atoms with Crippen LogP contribution in [0.15, 0.2) is 91.0 Å². The largest absolute Gasteiger partial charge is 0.303 e. The van der Waals surface area contributed by atoms with Crippen molar-refractivity contribution in [2.45, 2.75) is 19.3 Å². The summed E-state index contributed by atoms with van der Waals surface area (Å²) in [4.78, 5) is 10.7. The SMILES string of the molecule is O=CCCCC[P+](c1ccccc1)(c1ccccc1)c1ccccc1. The maximum atomic E-state index is 10.7. The van der Waals surface area contributed by atoms with E-state index in [-0.39, 0.29) is 0 Å². The molecule has 0 bridgehead atoms. The predicted octanol–water partition coefficient (Wildman–Crippen LogP) is 4.35. The van der Waals surface area contributed by atoms with E-state index >= 15 is 0 Å². The molecule has 0 amide bonds. The van der Waals surface area contributed by atoms with E-state index in [1.165, 1.54) is 15.9 Å². The molecule has 0 aromatic heterocycles. The molecule has 0 aliphatic carbocycles. The van der Waals surface area contributed by atoms with E-state index in [2.05, 4.69) is 91.0 Å². The monoisotopic (exact) mass is 347 g/mol. The van der Waals surface area contributed by atoms with Crippen molar-refractivity contribution in [3.63, 3.8) is 0 Å². The Balaban J connectivity index is 2.15. The van der Waals surface area contributed by atoms with Crippen LogP contribution in [0.3, 0.4) is 0 Å². The first-order chi connectivity index (χ1) is 12.4. The quantitative estimate of drug-likeness (QED) is 0.336. The number of unbranched alkanes of at least 4 members (excludes halogenated alkanes) is 2. The van der Waals surface area contributed by atoms with Crippen LogP contribution in [0.2, 0.25) is 0 Å². The van der Waals surface area contributed by atoms with Gasteiger partial charge in [0.05, 0.1) is 6.16 Å². The molecule has 3 aromatic carbocycles. The Kier molecular flexibility index (Phi) is 6.14. The second-order valence-corrected chi connectivity index (χ2v) is 9.82. The van der Waals surface area contributed by atoms with Gasteiger partial charge in [0, 0.05) is 6.42 Å². The van der Waals surface area contributed by atoms with Gasteiger partial charge >= 0.3 is 0 Å². The first-order valence-electron chi connectivity index (χ1n) is 8.86. The zero-order chi connectivity index (χ0) is 17.4. The molecule has 0 aliphatic rings. The van der Waals surface area contributed by atoms with E-state index in [1.807, 2.05) is 0 Å². The molecule has 1 nitrogen and oxygen atoms in total. The molecule has 3 rings (SSSR count). The Morgan fingerprint density at radius 1 is 0.600 bits per heavy atom. The van der Waals surface area contributed by atoms with E-state index in [1.54, 1.807) is 0 Å². The topological polar surface area (TPSA) is 17.1 Å². The number of hydrogen-bond donors (Lipinski definition) is 0. The molecular weight excluding hydrogens is 323 g/mol. The molecule has 0 N–H and O–H groups in total. The Morgan fingerprint density at radius 2 is 1.00 bits per heavy atom. The lowest BCUT2D eigenvalue weighted by Crippen LogP contribution is -2.33. The van der Waals surface area contributed by atoms with E-state index in [9.17, 15) is 4.79 Å². The average Bonchev–Trinajstić information content (AvgIpc) is 2.70. The van der Waals surface area contributed by atoms with E-state index in [0.29, 0.717) is 6.42 Å². The number of carbonyl (C=O) groups is 1. The summed E-state index contributed by atoms with van der Waals surface area (Å²) in [6.45, 7) is 0. The van der Waals surface area contributed by atoms with Gasteiger partial charge in [-0.1, -0.05) is 54.6 Å². The second kappa shape index (κ2) is 8.74. The van der Waals surface area contributed by atoms with Crippen LogP contribution in [0, 0.1) is 0 Å². The molecule has 0 atom stereocenters. The molecule has 25 heavy (non-hydrogen) atoms. The summed E-state index contributed by atoms with van der Waals surface area (Å²) >= 11 is 0. The van der Waals surface area contributed by atoms with Crippen LogP contribution in [0.4, 0.5) is 0 Å². The van der Waals surface area contributed by atoms with Gasteiger partial charge in [0.25, 0.3) is 0 Å². The highest BCUT2D eigenvalue weighted by molar-refractivity contribution is 7.95. The van der Waals surface area contributed by atoms with Gasteiger partial charge in [-0.2, -0.15) is 0 Å². The van der Waals surface area contributed by atoms with Crippen molar-refractivity contribution in [3.8, 4) is 0 Å². The fraction of sp³-hybridized carbons (Fsp3) is 0.174. The van der Waals surface area contributed by atoms with Gasteiger partial charge in [-0.05, 0) is 49.2 Å². The molecule has 3 aromatic rings. The summed E-state index contributed by atoms with van der Waals surface area (Å²) in [5.74, 6) is 0. The van der Waals surface area contributed by atoms with Crippen LogP contribution in [-0.2, 0) is 4.79 Å². The number of carbonyl (C=O) groups excluding carboxylic acids is 1. The van der Waals surface area contributed by atoms with Crippen LogP contribution in [0.5, 0.6) is 0 Å². The van der Waals surface area contributed by atoms with Gasteiger partial charge < -0.3 is 4.79 Å². The molecule has 0 heterocycles. The molecular formula is C23H24OP+. The summed E-state index contributed by atoms with van der Waals surface area (Å²) in [5, 5.41) is 4.25.